The average molecular weight is 531 g/mol. The lowest BCUT2D eigenvalue weighted by molar-refractivity contribution is -0.123. The smallest absolute Gasteiger partial charge is 0.290 e. The number of amides is 1. The molecule has 3 aliphatic rings. The van der Waals surface area contributed by atoms with E-state index in [0.717, 1.165) is 11.1 Å². The molecule has 5 rings (SSSR count). The number of amidine groups is 1. The Morgan fingerprint density at radius 3 is 2.64 bits per heavy atom. The van der Waals surface area contributed by atoms with Gasteiger partial charge < -0.3 is 25.0 Å². The molecule has 9 nitrogen and oxygen atoms in total. The molecule has 1 amide bonds. The van der Waals surface area contributed by atoms with Crippen molar-refractivity contribution in [3.8, 4) is 0 Å². The molecular formula is C29H31FN6O3. The van der Waals surface area contributed by atoms with Gasteiger partial charge in [0.15, 0.2) is 0 Å². The van der Waals surface area contributed by atoms with Crippen LogP contribution in [0.1, 0.15) is 31.4 Å². The third kappa shape index (κ3) is 5.91. The summed E-state index contributed by atoms with van der Waals surface area (Å²) in [4.78, 5) is 19.7. The van der Waals surface area contributed by atoms with Crippen LogP contribution in [0.25, 0.3) is 0 Å². The van der Waals surface area contributed by atoms with Crippen molar-refractivity contribution in [3.05, 3.63) is 89.3 Å². The Hall–Kier alpha value is -4.31. The van der Waals surface area contributed by atoms with Crippen LogP contribution in [0.5, 0.6) is 0 Å². The van der Waals surface area contributed by atoms with E-state index in [0.29, 0.717) is 36.5 Å². The minimum atomic E-state index is -1.15. The van der Waals surface area contributed by atoms with Crippen molar-refractivity contribution in [3.63, 3.8) is 0 Å². The summed E-state index contributed by atoms with van der Waals surface area (Å²) < 4.78 is 25.5. The van der Waals surface area contributed by atoms with E-state index in [1.54, 1.807) is 0 Å². The molecule has 1 unspecified atom stereocenters. The summed E-state index contributed by atoms with van der Waals surface area (Å²) in [7, 11) is 0. The summed E-state index contributed by atoms with van der Waals surface area (Å²) >= 11 is 0. The Kier molecular flexibility index (Phi) is 7.56. The van der Waals surface area contributed by atoms with Crippen LogP contribution < -0.4 is 15.5 Å². The Morgan fingerprint density at radius 2 is 1.90 bits per heavy atom. The van der Waals surface area contributed by atoms with Crippen molar-refractivity contribution in [1.82, 2.24) is 10.6 Å². The molecule has 10 heteroatoms. The van der Waals surface area contributed by atoms with Crippen LogP contribution in [0.15, 0.2) is 77.3 Å². The van der Waals surface area contributed by atoms with E-state index in [2.05, 4.69) is 15.6 Å². The molecule has 2 aromatic carbocycles. The maximum atomic E-state index is 14.2. The molecule has 0 bridgehead atoms. The maximum Gasteiger partial charge on any atom is 0.290 e. The number of ether oxygens (including phenoxy) is 2. The predicted octanol–water partition coefficient (Wildman–Crippen LogP) is 3.51. The summed E-state index contributed by atoms with van der Waals surface area (Å²) in [6.07, 6.45) is 5.18. The quantitative estimate of drug-likeness (QED) is 0.356. The van der Waals surface area contributed by atoms with Gasteiger partial charge >= 0.3 is 0 Å². The van der Waals surface area contributed by atoms with Gasteiger partial charge in [-0.2, -0.15) is 0 Å². The molecule has 2 heterocycles. The van der Waals surface area contributed by atoms with Crippen molar-refractivity contribution in [1.29, 1.82) is 10.8 Å². The highest BCUT2D eigenvalue weighted by atomic mass is 19.1. The number of anilines is 1. The monoisotopic (exact) mass is 530 g/mol. The Morgan fingerprint density at radius 1 is 1.15 bits per heavy atom. The fourth-order valence-electron chi connectivity index (χ4n) is 5.10. The van der Waals surface area contributed by atoms with Gasteiger partial charge in [0.1, 0.15) is 5.82 Å². The number of fused-ring (bicyclic) bond motifs is 1. The van der Waals surface area contributed by atoms with E-state index >= 15 is 0 Å². The van der Waals surface area contributed by atoms with E-state index in [1.165, 1.54) is 18.2 Å². The number of hydrogen-bond donors (Lipinski definition) is 4. The number of benzene rings is 2. The highest BCUT2D eigenvalue weighted by molar-refractivity contribution is 6.15. The normalized spacial score (nSPS) is 24.5. The number of allylic oxidation sites excluding steroid dienone is 2. The lowest BCUT2D eigenvalue weighted by Crippen LogP contribution is -2.48. The lowest BCUT2D eigenvalue weighted by atomic mass is 9.91. The highest BCUT2D eigenvalue weighted by Gasteiger charge is 2.32. The van der Waals surface area contributed by atoms with Gasteiger partial charge in [-0.25, -0.2) is 9.38 Å². The first kappa shape index (κ1) is 26.3. The molecule has 4 atom stereocenters. The SMILES string of the molecule is C[C@@H]1CN(c2cc(F)ccc2C(=N)OC(=N)N[C@H]2N=C(c3ccccc3)C3=CC=CCC3NC2=O)C[C@H](C)O1. The molecule has 0 saturated carbocycles. The number of morpholine rings is 1. The zero-order valence-electron chi connectivity index (χ0n) is 21.8. The average Bonchev–Trinajstić information content (AvgIpc) is 3.04. The standard InChI is InChI=1S/C29H31FN6O3/c1-17-15-36(16-18(2)38-17)24-14-20(30)12-13-22(24)26(31)39-29(32)35-27-28(37)33-23-11-7-6-10-21(23)25(34-27)19-8-4-3-5-9-19/h3-10,12-14,17-18,23,27,31H,11,15-16H2,1-2H3,(H2,32,35)(H,33,37)/t17-,18+,23?,27-/m1/s1. The highest BCUT2D eigenvalue weighted by Crippen LogP contribution is 2.27. The van der Waals surface area contributed by atoms with Gasteiger partial charge in [-0.3, -0.25) is 15.6 Å². The van der Waals surface area contributed by atoms with Crippen molar-refractivity contribution in [2.75, 3.05) is 18.0 Å². The number of hydrogen-bond acceptors (Lipinski definition) is 7. The van der Waals surface area contributed by atoms with E-state index < -0.39 is 23.9 Å². The molecule has 0 aromatic heterocycles. The molecule has 39 heavy (non-hydrogen) atoms. The fraction of sp³-hybridized carbons (Fsp3) is 0.310. The van der Waals surface area contributed by atoms with Crippen LogP contribution in [0.2, 0.25) is 0 Å². The van der Waals surface area contributed by atoms with Crippen LogP contribution in [-0.2, 0) is 14.3 Å². The number of carbonyl (C=O) groups is 1. The zero-order valence-corrected chi connectivity index (χ0v) is 21.8. The van der Waals surface area contributed by atoms with E-state index in [1.807, 2.05) is 67.3 Å². The third-order valence-corrected chi connectivity index (χ3v) is 6.74. The first-order chi connectivity index (χ1) is 18.8. The summed E-state index contributed by atoms with van der Waals surface area (Å²) in [5.41, 5.74) is 3.17. The fourth-order valence-corrected chi connectivity index (χ4v) is 5.10. The molecule has 0 spiro atoms. The van der Waals surface area contributed by atoms with Crippen LogP contribution in [0.4, 0.5) is 10.1 Å². The first-order valence-electron chi connectivity index (χ1n) is 12.9. The molecule has 1 fully saturated rings. The molecule has 2 aromatic rings. The van der Waals surface area contributed by atoms with Crippen molar-refractivity contribution >= 4 is 29.2 Å². The summed E-state index contributed by atoms with van der Waals surface area (Å²) in [5.74, 6) is -1.20. The number of nitrogens with one attached hydrogen (secondary N) is 4. The van der Waals surface area contributed by atoms with E-state index in [4.69, 9.17) is 20.3 Å². The van der Waals surface area contributed by atoms with E-state index in [9.17, 15) is 9.18 Å². The zero-order chi connectivity index (χ0) is 27.5. The molecule has 1 saturated heterocycles. The largest absolute Gasteiger partial charge is 0.407 e. The van der Waals surface area contributed by atoms with Crippen LogP contribution in [0, 0.1) is 16.6 Å². The van der Waals surface area contributed by atoms with Crippen LogP contribution in [-0.4, -0.2) is 61.0 Å². The second kappa shape index (κ2) is 11.2. The molecule has 0 radical (unpaired) electrons. The minimum absolute atomic E-state index is 0.0700. The van der Waals surface area contributed by atoms with Gasteiger partial charge in [-0.15, -0.1) is 0 Å². The number of rotatable bonds is 4. The number of halogens is 1. The third-order valence-electron chi connectivity index (χ3n) is 6.74. The predicted molar refractivity (Wildman–Crippen MR) is 148 cm³/mol. The Balaban J connectivity index is 1.37. The first-order valence-corrected chi connectivity index (χ1v) is 12.9. The molecule has 1 aliphatic carbocycles. The maximum absolute atomic E-state index is 14.2. The van der Waals surface area contributed by atoms with Gasteiger partial charge in [-0.1, -0.05) is 48.6 Å². The van der Waals surface area contributed by atoms with Gasteiger partial charge in [0.25, 0.3) is 11.9 Å². The number of aliphatic imine (C=N–C) groups is 1. The number of carbonyl (C=O) groups excluding carboxylic acids is 1. The van der Waals surface area contributed by atoms with Gasteiger partial charge in [-0.05, 0) is 38.5 Å². The molecular weight excluding hydrogens is 499 g/mol. The lowest BCUT2D eigenvalue weighted by Gasteiger charge is -2.37. The van der Waals surface area contributed by atoms with Crippen molar-refractivity contribution in [2.24, 2.45) is 4.99 Å². The Bertz CT molecular complexity index is 1360. The van der Waals surface area contributed by atoms with Crippen LogP contribution >= 0.6 is 0 Å². The summed E-state index contributed by atoms with van der Waals surface area (Å²) in [6.45, 7) is 4.92. The number of nitrogens with zero attached hydrogens (tertiary/aromatic N) is 2. The molecule has 4 N–H and O–H groups in total. The second-order valence-electron chi connectivity index (χ2n) is 9.82. The topological polar surface area (TPSA) is 123 Å². The van der Waals surface area contributed by atoms with Gasteiger partial charge in [0.05, 0.1) is 35.2 Å². The summed E-state index contributed by atoms with van der Waals surface area (Å²) in [5, 5.41) is 22.7. The van der Waals surface area contributed by atoms with Gasteiger partial charge in [0, 0.05) is 24.2 Å². The van der Waals surface area contributed by atoms with Gasteiger partial charge in [0.2, 0.25) is 12.1 Å². The summed E-state index contributed by atoms with van der Waals surface area (Å²) in [6, 6.07) is 12.8. The minimum Gasteiger partial charge on any atom is -0.407 e. The van der Waals surface area contributed by atoms with E-state index in [-0.39, 0.29) is 24.1 Å². The van der Waals surface area contributed by atoms with Crippen molar-refractivity contribution in [2.45, 2.75) is 44.7 Å². The van der Waals surface area contributed by atoms with Crippen molar-refractivity contribution < 1.29 is 18.7 Å². The molecule has 202 valence electrons. The second-order valence-corrected chi connectivity index (χ2v) is 9.82. The Labute approximate surface area is 226 Å². The van der Waals surface area contributed by atoms with Crippen LogP contribution in [0.3, 0.4) is 0 Å². The molecule has 2 aliphatic heterocycles.